The lowest BCUT2D eigenvalue weighted by atomic mass is 9.83. The van der Waals surface area contributed by atoms with E-state index in [1.807, 2.05) is 0 Å². The summed E-state index contributed by atoms with van der Waals surface area (Å²) < 4.78 is 0. The van der Waals surface area contributed by atoms with Gasteiger partial charge >= 0.3 is 5.97 Å². The van der Waals surface area contributed by atoms with E-state index < -0.39 is 5.97 Å². The van der Waals surface area contributed by atoms with E-state index in [0.29, 0.717) is 18.4 Å². The molecule has 104 valence electrons. The van der Waals surface area contributed by atoms with E-state index >= 15 is 0 Å². The molecule has 0 aromatic rings. The lowest BCUT2D eigenvalue weighted by Crippen LogP contribution is -2.50. The SMILES string of the molecule is CCN1CCN(C2CCC(CC(=O)O)CC2)CC1. The number of piperazine rings is 1. The molecular weight excluding hydrogens is 228 g/mol. The Morgan fingerprint density at radius 2 is 1.72 bits per heavy atom. The monoisotopic (exact) mass is 254 g/mol. The third kappa shape index (κ3) is 3.69. The van der Waals surface area contributed by atoms with Crippen molar-refractivity contribution in [2.45, 2.75) is 45.1 Å². The van der Waals surface area contributed by atoms with Crippen LogP contribution in [0.5, 0.6) is 0 Å². The Labute approximate surface area is 110 Å². The molecule has 1 aliphatic heterocycles. The van der Waals surface area contributed by atoms with Crippen molar-refractivity contribution in [2.75, 3.05) is 32.7 Å². The van der Waals surface area contributed by atoms with Crippen molar-refractivity contribution in [2.24, 2.45) is 5.92 Å². The highest BCUT2D eigenvalue weighted by atomic mass is 16.4. The van der Waals surface area contributed by atoms with Gasteiger partial charge in [-0.1, -0.05) is 6.92 Å². The molecule has 2 aliphatic rings. The van der Waals surface area contributed by atoms with Gasteiger partial charge in [0.2, 0.25) is 0 Å². The smallest absolute Gasteiger partial charge is 0.303 e. The van der Waals surface area contributed by atoms with Gasteiger partial charge in [0.05, 0.1) is 0 Å². The summed E-state index contributed by atoms with van der Waals surface area (Å²) >= 11 is 0. The van der Waals surface area contributed by atoms with Crippen LogP contribution in [0.4, 0.5) is 0 Å². The first-order valence-corrected chi connectivity index (χ1v) is 7.37. The van der Waals surface area contributed by atoms with Gasteiger partial charge in [0.25, 0.3) is 0 Å². The standard InChI is InChI=1S/C14H26N2O2/c1-2-15-7-9-16(10-8-15)13-5-3-12(4-6-13)11-14(17)18/h12-13H,2-11H2,1H3,(H,17,18). The summed E-state index contributed by atoms with van der Waals surface area (Å²) in [6.07, 6.45) is 4.97. The van der Waals surface area contributed by atoms with Crippen LogP contribution in [0.3, 0.4) is 0 Å². The van der Waals surface area contributed by atoms with Gasteiger partial charge in [0.1, 0.15) is 0 Å². The fraction of sp³-hybridized carbons (Fsp3) is 0.929. The van der Waals surface area contributed by atoms with Crippen LogP contribution in [0.2, 0.25) is 0 Å². The third-order valence-electron chi connectivity index (χ3n) is 4.65. The van der Waals surface area contributed by atoms with Crippen LogP contribution in [0.1, 0.15) is 39.0 Å². The lowest BCUT2D eigenvalue weighted by molar-refractivity contribution is -0.138. The molecule has 0 unspecified atom stereocenters. The largest absolute Gasteiger partial charge is 0.481 e. The molecule has 0 aromatic carbocycles. The number of carboxylic acid groups (broad SMARTS) is 1. The van der Waals surface area contributed by atoms with E-state index in [2.05, 4.69) is 16.7 Å². The molecule has 4 heteroatoms. The van der Waals surface area contributed by atoms with Crippen LogP contribution in [0.25, 0.3) is 0 Å². The van der Waals surface area contributed by atoms with Crippen LogP contribution in [0.15, 0.2) is 0 Å². The molecule has 4 nitrogen and oxygen atoms in total. The summed E-state index contributed by atoms with van der Waals surface area (Å²) in [4.78, 5) is 15.8. The maximum Gasteiger partial charge on any atom is 0.303 e. The Kier molecular flexibility index (Phi) is 5.01. The van der Waals surface area contributed by atoms with Gasteiger partial charge in [0.15, 0.2) is 0 Å². The summed E-state index contributed by atoms with van der Waals surface area (Å²) in [5.41, 5.74) is 0. The maximum absolute atomic E-state index is 10.7. The molecule has 0 atom stereocenters. The number of aliphatic carboxylic acids is 1. The van der Waals surface area contributed by atoms with Crippen molar-refractivity contribution in [1.29, 1.82) is 0 Å². The van der Waals surface area contributed by atoms with E-state index in [9.17, 15) is 4.79 Å². The molecule has 1 saturated carbocycles. The Hall–Kier alpha value is -0.610. The normalized spacial score (nSPS) is 31.4. The molecule has 0 aromatic heterocycles. The molecule has 1 saturated heterocycles. The number of rotatable bonds is 4. The third-order valence-corrected chi connectivity index (χ3v) is 4.65. The van der Waals surface area contributed by atoms with Crippen molar-refractivity contribution in [1.82, 2.24) is 9.80 Å². The summed E-state index contributed by atoms with van der Waals surface area (Å²) in [5.74, 6) is -0.203. The minimum Gasteiger partial charge on any atom is -0.481 e. The van der Waals surface area contributed by atoms with Crippen LogP contribution >= 0.6 is 0 Å². The molecule has 1 aliphatic carbocycles. The van der Waals surface area contributed by atoms with Crippen molar-refractivity contribution < 1.29 is 9.90 Å². The van der Waals surface area contributed by atoms with Gasteiger partial charge in [-0.25, -0.2) is 0 Å². The number of carbonyl (C=O) groups is 1. The summed E-state index contributed by atoms with van der Waals surface area (Å²) in [7, 11) is 0. The van der Waals surface area contributed by atoms with Crippen LogP contribution in [-0.2, 0) is 4.79 Å². The first kappa shape index (κ1) is 13.8. The predicted molar refractivity (Wildman–Crippen MR) is 71.7 cm³/mol. The lowest BCUT2D eigenvalue weighted by Gasteiger charge is -2.41. The first-order chi connectivity index (χ1) is 8.69. The first-order valence-electron chi connectivity index (χ1n) is 7.37. The van der Waals surface area contributed by atoms with Gasteiger partial charge in [-0.05, 0) is 38.1 Å². The Bertz CT molecular complexity index is 267. The van der Waals surface area contributed by atoms with Gasteiger partial charge in [-0.2, -0.15) is 0 Å². The minimum absolute atomic E-state index is 0.371. The van der Waals surface area contributed by atoms with Crippen LogP contribution in [-0.4, -0.2) is 59.6 Å². The van der Waals surface area contributed by atoms with Gasteiger partial charge in [-0.3, -0.25) is 9.69 Å². The molecular formula is C14H26N2O2. The highest BCUT2D eigenvalue weighted by molar-refractivity contribution is 5.67. The zero-order chi connectivity index (χ0) is 13.0. The van der Waals surface area contributed by atoms with Gasteiger partial charge in [0, 0.05) is 38.6 Å². The van der Waals surface area contributed by atoms with Crippen molar-refractivity contribution in [3.8, 4) is 0 Å². The molecule has 0 bridgehead atoms. The predicted octanol–water partition coefficient (Wildman–Crippen LogP) is 1.66. The maximum atomic E-state index is 10.7. The molecule has 1 N–H and O–H groups in total. The molecule has 18 heavy (non-hydrogen) atoms. The zero-order valence-electron chi connectivity index (χ0n) is 11.5. The summed E-state index contributed by atoms with van der Waals surface area (Å²) in [6, 6.07) is 0.717. The van der Waals surface area contributed by atoms with Crippen LogP contribution in [0, 0.1) is 5.92 Å². The average Bonchev–Trinajstić information content (AvgIpc) is 2.39. The van der Waals surface area contributed by atoms with Gasteiger partial charge < -0.3 is 10.0 Å². The molecule has 1 heterocycles. The fourth-order valence-corrected chi connectivity index (χ4v) is 3.41. The summed E-state index contributed by atoms with van der Waals surface area (Å²) in [6.45, 7) is 8.19. The quantitative estimate of drug-likeness (QED) is 0.828. The van der Waals surface area contributed by atoms with E-state index in [0.717, 1.165) is 12.8 Å². The Balaban J connectivity index is 1.71. The second-order valence-electron chi connectivity index (χ2n) is 5.74. The second-order valence-corrected chi connectivity index (χ2v) is 5.74. The van der Waals surface area contributed by atoms with E-state index in [-0.39, 0.29) is 0 Å². The van der Waals surface area contributed by atoms with E-state index in [1.165, 1.54) is 45.6 Å². The molecule has 0 amide bonds. The highest BCUT2D eigenvalue weighted by Crippen LogP contribution is 2.30. The number of likely N-dealkylation sites (N-methyl/N-ethyl adjacent to an activating group) is 1. The van der Waals surface area contributed by atoms with Crippen molar-refractivity contribution in [3.63, 3.8) is 0 Å². The van der Waals surface area contributed by atoms with Crippen molar-refractivity contribution in [3.05, 3.63) is 0 Å². The highest BCUT2D eigenvalue weighted by Gasteiger charge is 2.28. The number of carboxylic acids is 1. The number of hydrogen-bond donors (Lipinski definition) is 1. The minimum atomic E-state index is -0.630. The second kappa shape index (κ2) is 6.53. The average molecular weight is 254 g/mol. The number of nitrogens with zero attached hydrogens (tertiary/aromatic N) is 2. The number of hydrogen-bond acceptors (Lipinski definition) is 3. The topological polar surface area (TPSA) is 43.8 Å². The van der Waals surface area contributed by atoms with E-state index in [4.69, 9.17) is 5.11 Å². The summed E-state index contributed by atoms with van der Waals surface area (Å²) in [5, 5.41) is 8.82. The van der Waals surface area contributed by atoms with Gasteiger partial charge in [-0.15, -0.1) is 0 Å². The Morgan fingerprint density at radius 3 is 2.22 bits per heavy atom. The molecule has 2 fully saturated rings. The molecule has 0 spiro atoms. The molecule has 2 rings (SSSR count). The van der Waals surface area contributed by atoms with Crippen molar-refractivity contribution >= 4 is 5.97 Å². The van der Waals surface area contributed by atoms with E-state index in [1.54, 1.807) is 0 Å². The van der Waals surface area contributed by atoms with Crippen LogP contribution < -0.4 is 0 Å². The Morgan fingerprint density at radius 1 is 1.11 bits per heavy atom. The zero-order valence-corrected chi connectivity index (χ0v) is 11.5. The molecule has 0 radical (unpaired) electrons. The fourth-order valence-electron chi connectivity index (χ4n) is 3.41.